The Morgan fingerprint density at radius 1 is 1.00 bits per heavy atom. The number of aryl methyl sites for hydroxylation is 3. The Hall–Kier alpha value is -2.64. The third kappa shape index (κ3) is 3.68. The van der Waals surface area contributed by atoms with Crippen LogP contribution in [-0.4, -0.2) is 18.0 Å². The number of nitrogens with zero attached hydrogens (tertiary/aromatic N) is 2. The Bertz CT molecular complexity index is 1220. The van der Waals surface area contributed by atoms with Crippen LogP contribution in [0.25, 0.3) is 5.69 Å². The van der Waals surface area contributed by atoms with Crippen LogP contribution in [0.5, 0.6) is 5.88 Å². The minimum Gasteiger partial charge on any atom is -0.358 e. The number of rotatable bonds is 4. The molecule has 2 aromatic carbocycles. The van der Waals surface area contributed by atoms with Gasteiger partial charge in [0.1, 0.15) is 10.7 Å². The molecule has 1 heterocycles. The third-order valence-corrected chi connectivity index (χ3v) is 6.06. The molecule has 1 aromatic heterocycles. The van der Waals surface area contributed by atoms with Gasteiger partial charge in [0.15, 0.2) is 0 Å². The molecule has 0 aliphatic rings. The van der Waals surface area contributed by atoms with Crippen LogP contribution in [0.3, 0.4) is 0 Å². The van der Waals surface area contributed by atoms with Gasteiger partial charge >= 0.3 is 10.1 Å². The van der Waals surface area contributed by atoms with E-state index in [0.29, 0.717) is 10.7 Å². The number of hydrogen-bond donors (Lipinski definition) is 0. The molecule has 0 fully saturated rings. The molecule has 0 saturated carbocycles. The molecule has 8 heteroatoms. The first-order valence-electron chi connectivity index (χ1n) is 8.48. The Balaban J connectivity index is 2.09. The normalized spacial score (nSPS) is 11.5. The minimum atomic E-state index is -4.12. The van der Waals surface area contributed by atoms with Crippen molar-refractivity contribution in [2.45, 2.75) is 32.6 Å². The number of aromatic nitrogens is 2. The zero-order valence-electron chi connectivity index (χ0n) is 15.9. The molecule has 0 aliphatic heterocycles. The van der Waals surface area contributed by atoms with Crippen LogP contribution >= 0.6 is 11.6 Å². The molecule has 0 saturated heterocycles. The molecule has 146 valence electrons. The van der Waals surface area contributed by atoms with Crippen molar-refractivity contribution in [3.05, 3.63) is 80.4 Å². The molecule has 6 nitrogen and oxygen atoms in total. The van der Waals surface area contributed by atoms with Gasteiger partial charge in [0.05, 0.1) is 16.3 Å². The number of hydrogen-bond acceptors (Lipinski definition) is 5. The number of benzene rings is 2. The summed E-state index contributed by atoms with van der Waals surface area (Å²) in [6.45, 7) is 6.74. The summed E-state index contributed by atoms with van der Waals surface area (Å²) in [5, 5.41) is 0.426. The van der Waals surface area contributed by atoms with E-state index in [1.54, 1.807) is 31.2 Å². The van der Waals surface area contributed by atoms with E-state index in [2.05, 4.69) is 4.98 Å². The summed E-state index contributed by atoms with van der Waals surface area (Å²) in [5.74, 6) is 0.0142. The van der Waals surface area contributed by atoms with E-state index in [-0.39, 0.29) is 22.2 Å². The average Bonchev–Trinajstić information content (AvgIpc) is 2.63. The third-order valence-electron chi connectivity index (χ3n) is 4.34. The highest BCUT2D eigenvalue weighted by Crippen LogP contribution is 2.25. The standard InChI is InChI=1S/C20H19ClN2O4S/c1-12-8-10-16(11-9-12)28(25,26)27-19-14(3)20(24)23(15(4)22-19)17-7-5-6-13(2)18(17)21/h5-11H,1-4H3. The predicted octanol–water partition coefficient (Wildman–Crippen LogP) is 3.89. The van der Waals surface area contributed by atoms with Gasteiger partial charge in [-0.25, -0.2) is 0 Å². The summed E-state index contributed by atoms with van der Waals surface area (Å²) in [4.78, 5) is 17.1. The molecule has 3 aromatic rings. The van der Waals surface area contributed by atoms with E-state index in [1.807, 2.05) is 19.9 Å². The lowest BCUT2D eigenvalue weighted by Crippen LogP contribution is -2.26. The van der Waals surface area contributed by atoms with Crippen molar-refractivity contribution in [2.75, 3.05) is 0 Å². The van der Waals surface area contributed by atoms with Gasteiger partial charge in [-0.3, -0.25) is 9.36 Å². The lowest BCUT2D eigenvalue weighted by atomic mass is 10.2. The Morgan fingerprint density at radius 2 is 1.64 bits per heavy atom. The molecular weight excluding hydrogens is 400 g/mol. The molecule has 28 heavy (non-hydrogen) atoms. The van der Waals surface area contributed by atoms with E-state index < -0.39 is 15.7 Å². The van der Waals surface area contributed by atoms with E-state index in [0.717, 1.165) is 11.1 Å². The van der Waals surface area contributed by atoms with E-state index >= 15 is 0 Å². The highest BCUT2D eigenvalue weighted by molar-refractivity contribution is 7.87. The highest BCUT2D eigenvalue weighted by atomic mass is 35.5. The van der Waals surface area contributed by atoms with Gasteiger partial charge in [-0.15, -0.1) is 0 Å². The zero-order valence-corrected chi connectivity index (χ0v) is 17.4. The van der Waals surface area contributed by atoms with Gasteiger partial charge in [-0.1, -0.05) is 41.4 Å². The van der Waals surface area contributed by atoms with Gasteiger partial charge in [-0.2, -0.15) is 13.4 Å². The van der Waals surface area contributed by atoms with E-state index in [9.17, 15) is 13.2 Å². The summed E-state index contributed by atoms with van der Waals surface area (Å²) in [5.41, 5.74) is 1.83. The fourth-order valence-corrected chi connectivity index (χ4v) is 3.86. The smallest absolute Gasteiger partial charge is 0.340 e. The van der Waals surface area contributed by atoms with Crippen LogP contribution < -0.4 is 9.74 Å². The molecule has 0 aliphatic carbocycles. The summed E-state index contributed by atoms with van der Waals surface area (Å²) >= 11 is 6.35. The Morgan fingerprint density at radius 3 is 2.29 bits per heavy atom. The van der Waals surface area contributed by atoms with Crippen LogP contribution in [0.2, 0.25) is 5.02 Å². The quantitative estimate of drug-likeness (QED) is 0.600. The molecule has 0 amide bonds. The van der Waals surface area contributed by atoms with Crippen molar-refractivity contribution in [3.63, 3.8) is 0 Å². The SMILES string of the molecule is Cc1ccc(S(=O)(=O)Oc2nc(C)n(-c3cccc(C)c3Cl)c(=O)c2C)cc1. The van der Waals surface area contributed by atoms with Crippen molar-refractivity contribution in [3.8, 4) is 11.6 Å². The highest BCUT2D eigenvalue weighted by Gasteiger charge is 2.22. The lowest BCUT2D eigenvalue weighted by molar-refractivity contribution is 0.469. The van der Waals surface area contributed by atoms with Crippen LogP contribution in [0.15, 0.2) is 52.2 Å². The Labute approximate surface area is 168 Å². The van der Waals surface area contributed by atoms with Crippen molar-refractivity contribution in [1.29, 1.82) is 0 Å². The van der Waals surface area contributed by atoms with Gasteiger partial charge < -0.3 is 4.18 Å². The summed E-state index contributed by atoms with van der Waals surface area (Å²) in [6.07, 6.45) is 0. The van der Waals surface area contributed by atoms with E-state index in [1.165, 1.54) is 23.6 Å². The average molecular weight is 419 g/mol. The van der Waals surface area contributed by atoms with Crippen molar-refractivity contribution >= 4 is 21.7 Å². The van der Waals surface area contributed by atoms with E-state index in [4.69, 9.17) is 15.8 Å². The Kier molecular flexibility index (Phi) is 5.32. The first-order valence-corrected chi connectivity index (χ1v) is 10.3. The predicted molar refractivity (Wildman–Crippen MR) is 108 cm³/mol. The first-order chi connectivity index (χ1) is 13.1. The summed E-state index contributed by atoms with van der Waals surface area (Å²) in [7, 11) is -4.12. The maximum atomic E-state index is 12.9. The second-order valence-corrected chi connectivity index (χ2v) is 8.41. The summed E-state index contributed by atoms with van der Waals surface area (Å²) in [6, 6.07) is 11.5. The van der Waals surface area contributed by atoms with Gasteiger partial charge in [-0.05, 0) is 51.5 Å². The number of halogens is 1. The maximum Gasteiger partial charge on any atom is 0.340 e. The van der Waals surface area contributed by atoms with Crippen LogP contribution in [0, 0.1) is 27.7 Å². The van der Waals surface area contributed by atoms with Gasteiger partial charge in [0, 0.05) is 0 Å². The largest absolute Gasteiger partial charge is 0.358 e. The molecule has 0 bridgehead atoms. The monoisotopic (exact) mass is 418 g/mol. The molecule has 3 rings (SSSR count). The molecule has 0 atom stereocenters. The summed E-state index contributed by atoms with van der Waals surface area (Å²) < 4.78 is 31.6. The first kappa shape index (κ1) is 20.1. The molecule has 0 spiro atoms. The second kappa shape index (κ2) is 7.41. The van der Waals surface area contributed by atoms with Crippen molar-refractivity contribution < 1.29 is 12.6 Å². The van der Waals surface area contributed by atoms with Gasteiger partial charge in [0.25, 0.3) is 5.56 Å². The molecular formula is C20H19ClN2O4S. The second-order valence-electron chi connectivity index (χ2n) is 6.49. The molecule has 0 N–H and O–H groups in total. The topological polar surface area (TPSA) is 78.3 Å². The molecule has 0 radical (unpaired) electrons. The fraction of sp³-hybridized carbons (Fsp3) is 0.200. The maximum absolute atomic E-state index is 12.9. The lowest BCUT2D eigenvalue weighted by Gasteiger charge is -2.15. The van der Waals surface area contributed by atoms with Crippen molar-refractivity contribution in [1.82, 2.24) is 9.55 Å². The van der Waals surface area contributed by atoms with Crippen LogP contribution in [0.1, 0.15) is 22.5 Å². The zero-order chi connectivity index (χ0) is 20.6. The van der Waals surface area contributed by atoms with Gasteiger partial charge in [0.2, 0.25) is 5.88 Å². The van der Waals surface area contributed by atoms with Crippen LogP contribution in [0.4, 0.5) is 0 Å². The van der Waals surface area contributed by atoms with Crippen molar-refractivity contribution in [2.24, 2.45) is 0 Å². The minimum absolute atomic E-state index is 0.0112. The fourth-order valence-electron chi connectivity index (χ4n) is 2.71. The molecule has 0 unspecified atom stereocenters. The van der Waals surface area contributed by atoms with Crippen LogP contribution in [-0.2, 0) is 10.1 Å².